The summed E-state index contributed by atoms with van der Waals surface area (Å²) in [6.45, 7) is 0. The third-order valence-corrected chi connectivity index (χ3v) is 3.44. The molecule has 2 nitrogen and oxygen atoms in total. The SMILES string of the molecule is CNC(c1cc(F)cc(F)c1)C(NC)c1cc(F)cc(F)c1. The maximum Gasteiger partial charge on any atom is 0.126 e. The summed E-state index contributed by atoms with van der Waals surface area (Å²) in [5.41, 5.74) is 0.674. The van der Waals surface area contributed by atoms with Gasteiger partial charge >= 0.3 is 0 Å². The van der Waals surface area contributed by atoms with Crippen LogP contribution < -0.4 is 10.6 Å². The topological polar surface area (TPSA) is 24.1 Å². The van der Waals surface area contributed by atoms with Crippen molar-refractivity contribution < 1.29 is 17.6 Å². The Morgan fingerprint density at radius 2 is 0.864 bits per heavy atom. The van der Waals surface area contributed by atoms with Gasteiger partial charge in [-0.05, 0) is 49.5 Å². The summed E-state index contributed by atoms with van der Waals surface area (Å²) in [7, 11) is 3.21. The molecule has 6 heteroatoms. The highest BCUT2D eigenvalue weighted by Gasteiger charge is 2.24. The van der Waals surface area contributed by atoms with Crippen LogP contribution in [0.15, 0.2) is 36.4 Å². The second-order valence-electron chi connectivity index (χ2n) is 4.94. The van der Waals surface area contributed by atoms with Gasteiger partial charge in [0.15, 0.2) is 0 Å². The molecule has 2 N–H and O–H groups in total. The van der Waals surface area contributed by atoms with Gasteiger partial charge in [-0.3, -0.25) is 0 Å². The summed E-state index contributed by atoms with van der Waals surface area (Å²) in [6.07, 6.45) is 0. The zero-order chi connectivity index (χ0) is 16.3. The van der Waals surface area contributed by atoms with Gasteiger partial charge in [0.25, 0.3) is 0 Å². The van der Waals surface area contributed by atoms with Crippen LogP contribution >= 0.6 is 0 Å². The lowest BCUT2D eigenvalue weighted by Crippen LogP contribution is -2.32. The lowest BCUT2D eigenvalue weighted by Gasteiger charge is -2.27. The van der Waals surface area contributed by atoms with E-state index >= 15 is 0 Å². The van der Waals surface area contributed by atoms with Crippen LogP contribution in [0.4, 0.5) is 17.6 Å². The van der Waals surface area contributed by atoms with E-state index in [1.54, 1.807) is 14.1 Å². The Hall–Kier alpha value is -1.92. The largest absolute Gasteiger partial charge is 0.311 e. The van der Waals surface area contributed by atoms with Gasteiger partial charge in [-0.15, -0.1) is 0 Å². The van der Waals surface area contributed by atoms with Crippen molar-refractivity contribution in [2.24, 2.45) is 0 Å². The van der Waals surface area contributed by atoms with Crippen LogP contribution in [0, 0.1) is 23.3 Å². The van der Waals surface area contributed by atoms with Crippen molar-refractivity contribution in [3.05, 3.63) is 70.8 Å². The molecule has 118 valence electrons. The third kappa shape index (κ3) is 3.64. The Labute approximate surface area is 126 Å². The summed E-state index contributed by atoms with van der Waals surface area (Å²) in [4.78, 5) is 0. The van der Waals surface area contributed by atoms with E-state index in [2.05, 4.69) is 10.6 Å². The van der Waals surface area contributed by atoms with Gasteiger partial charge < -0.3 is 10.6 Å². The Morgan fingerprint density at radius 3 is 1.09 bits per heavy atom. The highest BCUT2D eigenvalue weighted by Crippen LogP contribution is 2.30. The molecule has 0 saturated heterocycles. The molecule has 0 spiro atoms. The standard InChI is InChI=1S/C16H16F4N2/c1-21-15(9-3-11(17)7-12(18)4-9)16(22-2)10-5-13(19)8-14(20)6-10/h3-8,15-16,21-22H,1-2H3. The number of nitrogens with one attached hydrogen (secondary N) is 2. The second kappa shape index (κ2) is 6.89. The van der Waals surface area contributed by atoms with Crippen molar-refractivity contribution >= 4 is 0 Å². The number of halogens is 4. The molecule has 2 aromatic carbocycles. The minimum absolute atomic E-state index is 0.337. The van der Waals surface area contributed by atoms with E-state index in [1.807, 2.05) is 0 Å². The van der Waals surface area contributed by atoms with Crippen LogP contribution in [0.1, 0.15) is 23.2 Å². The Bertz CT molecular complexity index is 563. The molecular formula is C16H16F4N2. The third-order valence-electron chi connectivity index (χ3n) is 3.44. The number of hydrogen-bond acceptors (Lipinski definition) is 2. The molecule has 0 aliphatic rings. The van der Waals surface area contributed by atoms with E-state index in [9.17, 15) is 17.6 Å². The summed E-state index contributed by atoms with van der Waals surface area (Å²) >= 11 is 0. The molecule has 0 bridgehead atoms. The van der Waals surface area contributed by atoms with Gasteiger partial charge in [0.05, 0.1) is 12.1 Å². The second-order valence-corrected chi connectivity index (χ2v) is 4.94. The van der Waals surface area contributed by atoms with Gasteiger partial charge in [-0.25, -0.2) is 17.6 Å². The van der Waals surface area contributed by atoms with E-state index < -0.39 is 35.4 Å². The van der Waals surface area contributed by atoms with E-state index in [4.69, 9.17) is 0 Å². The molecule has 0 saturated carbocycles. The van der Waals surface area contributed by atoms with Crippen LogP contribution in [-0.2, 0) is 0 Å². The fraction of sp³-hybridized carbons (Fsp3) is 0.250. The first-order chi connectivity index (χ1) is 10.4. The Kier molecular flexibility index (Phi) is 5.15. The Morgan fingerprint density at radius 1 is 0.591 bits per heavy atom. The van der Waals surface area contributed by atoms with Crippen molar-refractivity contribution in [2.75, 3.05) is 14.1 Å². The quantitative estimate of drug-likeness (QED) is 0.826. The molecule has 2 rings (SSSR count). The van der Waals surface area contributed by atoms with Crippen LogP contribution in [0.25, 0.3) is 0 Å². The smallest absolute Gasteiger partial charge is 0.126 e. The average Bonchev–Trinajstić information content (AvgIpc) is 2.42. The monoisotopic (exact) mass is 312 g/mol. The van der Waals surface area contributed by atoms with Gasteiger partial charge in [0.2, 0.25) is 0 Å². The van der Waals surface area contributed by atoms with Gasteiger partial charge in [0, 0.05) is 12.1 Å². The van der Waals surface area contributed by atoms with E-state index in [0.717, 1.165) is 12.1 Å². The average molecular weight is 312 g/mol. The van der Waals surface area contributed by atoms with Crippen molar-refractivity contribution in [3.63, 3.8) is 0 Å². The number of hydrogen-bond donors (Lipinski definition) is 2. The summed E-state index contributed by atoms with van der Waals surface area (Å²) in [5.74, 6) is -2.85. The van der Waals surface area contributed by atoms with Crippen LogP contribution in [0.3, 0.4) is 0 Å². The first-order valence-corrected chi connectivity index (χ1v) is 6.71. The molecular weight excluding hydrogens is 296 g/mol. The fourth-order valence-corrected chi connectivity index (χ4v) is 2.56. The van der Waals surface area contributed by atoms with Crippen molar-refractivity contribution in [1.29, 1.82) is 0 Å². The summed E-state index contributed by atoms with van der Waals surface area (Å²) < 4.78 is 53.7. The Balaban J connectivity index is 2.46. The molecule has 2 unspecified atom stereocenters. The predicted molar refractivity (Wildman–Crippen MR) is 76.3 cm³/mol. The molecule has 0 aliphatic carbocycles. The van der Waals surface area contributed by atoms with Crippen LogP contribution in [-0.4, -0.2) is 14.1 Å². The first-order valence-electron chi connectivity index (χ1n) is 6.71. The molecule has 22 heavy (non-hydrogen) atoms. The molecule has 2 aromatic rings. The fourth-order valence-electron chi connectivity index (χ4n) is 2.56. The van der Waals surface area contributed by atoms with E-state index in [-0.39, 0.29) is 0 Å². The summed E-state index contributed by atoms with van der Waals surface area (Å²) in [5, 5.41) is 5.84. The zero-order valence-electron chi connectivity index (χ0n) is 12.1. The van der Waals surface area contributed by atoms with Crippen LogP contribution in [0.2, 0.25) is 0 Å². The highest BCUT2D eigenvalue weighted by atomic mass is 19.1. The van der Waals surface area contributed by atoms with Gasteiger partial charge in [-0.2, -0.15) is 0 Å². The number of likely N-dealkylation sites (N-methyl/N-ethyl adjacent to an activating group) is 2. The predicted octanol–water partition coefficient (Wildman–Crippen LogP) is 3.46. The molecule has 0 aromatic heterocycles. The van der Waals surface area contributed by atoms with E-state index in [1.165, 1.54) is 24.3 Å². The minimum atomic E-state index is -0.712. The van der Waals surface area contributed by atoms with Crippen LogP contribution in [0.5, 0.6) is 0 Å². The lowest BCUT2D eigenvalue weighted by molar-refractivity contribution is 0.423. The van der Waals surface area contributed by atoms with Crippen molar-refractivity contribution in [1.82, 2.24) is 10.6 Å². The molecule has 0 amide bonds. The first kappa shape index (κ1) is 16.5. The molecule has 0 aliphatic heterocycles. The maximum atomic E-state index is 13.4. The number of benzene rings is 2. The van der Waals surface area contributed by atoms with Crippen molar-refractivity contribution in [2.45, 2.75) is 12.1 Å². The van der Waals surface area contributed by atoms with Crippen molar-refractivity contribution in [3.8, 4) is 0 Å². The minimum Gasteiger partial charge on any atom is -0.311 e. The van der Waals surface area contributed by atoms with Gasteiger partial charge in [0.1, 0.15) is 23.3 Å². The number of rotatable bonds is 5. The van der Waals surface area contributed by atoms with Gasteiger partial charge in [-0.1, -0.05) is 0 Å². The molecule has 0 heterocycles. The molecule has 0 fully saturated rings. The van der Waals surface area contributed by atoms with E-state index in [0.29, 0.717) is 11.1 Å². The highest BCUT2D eigenvalue weighted by molar-refractivity contribution is 5.29. The lowest BCUT2D eigenvalue weighted by atomic mass is 9.93. The zero-order valence-corrected chi connectivity index (χ0v) is 12.1. The normalized spacial score (nSPS) is 13.9. The molecule has 2 atom stereocenters. The molecule has 0 radical (unpaired) electrons. The summed E-state index contributed by atoms with van der Waals surface area (Å²) in [6, 6.07) is 5.13. The maximum absolute atomic E-state index is 13.4.